The zero-order chi connectivity index (χ0) is 13.8. The summed E-state index contributed by atoms with van der Waals surface area (Å²) in [5, 5.41) is 8.62. The lowest BCUT2D eigenvalue weighted by atomic mass is 10.0. The van der Waals surface area contributed by atoms with Gasteiger partial charge in [-0.05, 0) is 31.0 Å². The third kappa shape index (κ3) is 3.37. The number of aromatic nitrogens is 2. The Balaban J connectivity index is 2.03. The van der Waals surface area contributed by atoms with Crippen LogP contribution in [0.15, 0.2) is 30.5 Å². The second-order valence-corrected chi connectivity index (χ2v) is 5.21. The lowest BCUT2D eigenvalue weighted by Gasteiger charge is -2.17. The molecule has 1 aromatic heterocycles. The van der Waals surface area contributed by atoms with Gasteiger partial charge in [0, 0.05) is 35.9 Å². The van der Waals surface area contributed by atoms with Crippen molar-refractivity contribution >= 4 is 11.6 Å². The molecule has 3 nitrogen and oxygen atoms in total. The minimum atomic E-state index is 0.344. The van der Waals surface area contributed by atoms with Gasteiger partial charge in [0.05, 0.1) is 6.20 Å². The number of benzene rings is 1. The maximum absolute atomic E-state index is 5.92. The zero-order valence-corrected chi connectivity index (χ0v) is 12.4. The first-order chi connectivity index (χ1) is 9.11. The third-order valence-corrected chi connectivity index (χ3v) is 3.81. The van der Waals surface area contributed by atoms with Crippen molar-refractivity contribution in [2.45, 2.75) is 32.9 Å². The van der Waals surface area contributed by atoms with Crippen molar-refractivity contribution < 1.29 is 0 Å². The van der Waals surface area contributed by atoms with Crippen LogP contribution in [0.2, 0.25) is 5.02 Å². The van der Waals surface area contributed by atoms with Crippen LogP contribution in [-0.2, 0) is 13.6 Å². The highest BCUT2D eigenvalue weighted by Crippen LogP contribution is 2.20. The van der Waals surface area contributed by atoms with Crippen LogP contribution < -0.4 is 5.32 Å². The smallest absolute Gasteiger partial charge is 0.0537 e. The Bertz CT molecular complexity index is 531. The van der Waals surface area contributed by atoms with Crippen LogP contribution in [0.25, 0.3) is 0 Å². The molecule has 0 bridgehead atoms. The third-order valence-electron chi connectivity index (χ3n) is 3.56. The predicted octanol–water partition coefficient (Wildman–Crippen LogP) is 3.62. The molecule has 1 unspecified atom stereocenters. The van der Waals surface area contributed by atoms with Crippen LogP contribution in [-0.4, -0.2) is 9.78 Å². The fourth-order valence-corrected chi connectivity index (χ4v) is 2.27. The molecular weight excluding hydrogens is 258 g/mol. The van der Waals surface area contributed by atoms with Gasteiger partial charge in [-0.15, -0.1) is 0 Å². The minimum absolute atomic E-state index is 0.344. The molecule has 2 aromatic rings. The SMILES string of the molecule is CCC(NCc1cnn(C)c1C)c1ccc(Cl)cc1. The molecule has 0 aliphatic rings. The standard InChI is InChI=1S/C15H20ClN3/c1-4-15(12-5-7-14(16)8-6-12)17-9-13-10-18-19(3)11(13)2/h5-8,10,15,17H,4,9H2,1-3H3. The summed E-state index contributed by atoms with van der Waals surface area (Å²) in [5.41, 5.74) is 3.72. The predicted molar refractivity (Wildman–Crippen MR) is 79.3 cm³/mol. The van der Waals surface area contributed by atoms with Crippen molar-refractivity contribution in [2.24, 2.45) is 7.05 Å². The number of hydrogen-bond acceptors (Lipinski definition) is 2. The van der Waals surface area contributed by atoms with Gasteiger partial charge in [0.25, 0.3) is 0 Å². The summed E-state index contributed by atoms with van der Waals surface area (Å²) in [6, 6.07) is 8.39. The van der Waals surface area contributed by atoms with Crippen LogP contribution in [0, 0.1) is 6.92 Å². The van der Waals surface area contributed by atoms with E-state index < -0.39 is 0 Å². The largest absolute Gasteiger partial charge is 0.306 e. The molecule has 0 spiro atoms. The summed E-state index contributed by atoms with van der Waals surface area (Å²) in [4.78, 5) is 0. The summed E-state index contributed by atoms with van der Waals surface area (Å²) in [7, 11) is 1.97. The lowest BCUT2D eigenvalue weighted by Crippen LogP contribution is -2.20. The molecule has 0 fully saturated rings. The van der Waals surface area contributed by atoms with Gasteiger partial charge < -0.3 is 5.32 Å². The first-order valence-corrected chi connectivity index (χ1v) is 6.96. The van der Waals surface area contributed by atoms with E-state index in [1.807, 2.05) is 30.1 Å². The highest BCUT2D eigenvalue weighted by atomic mass is 35.5. The molecule has 0 amide bonds. The number of aryl methyl sites for hydroxylation is 1. The first kappa shape index (κ1) is 14.1. The van der Waals surface area contributed by atoms with Crippen molar-refractivity contribution in [3.05, 3.63) is 52.3 Å². The van der Waals surface area contributed by atoms with E-state index in [9.17, 15) is 0 Å². The van der Waals surface area contributed by atoms with Crippen molar-refractivity contribution in [3.8, 4) is 0 Å². The van der Waals surface area contributed by atoms with Crippen molar-refractivity contribution in [1.29, 1.82) is 0 Å². The van der Waals surface area contributed by atoms with Crippen LogP contribution in [0.5, 0.6) is 0 Å². The Kier molecular flexibility index (Phi) is 4.61. The minimum Gasteiger partial charge on any atom is -0.306 e. The zero-order valence-electron chi connectivity index (χ0n) is 11.7. The van der Waals surface area contributed by atoms with Gasteiger partial charge in [-0.1, -0.05) is 30.7 Å². The lowest BCUT2D eigenvalue weighted by molar-refractivity contribution is 0.518. The number of nitrogens with one attached hydrogen (secondary N) is 1. The van der Waals surface area contributed by atoms with E-state index in [4.69, 9.17) is 11.6 Å². The average molecular weight is 278 g/mol. The fraction of sp³-hybridized carbons (Fsp3) is 0.400. The molecule has 0 aliphatic carbocycles. The van der Waals surface area contributed by atoms with Crippen LogP contribution >= 0.6 is 11.6 Å². The van der Waals surface area contributed by atoms with E-state index >= 15 is 0 Å². The molecule has 2 rings (SSSR count). The second-order valence-electron chi connectivity index (χ2n) is 4.77. The van der Waals surface area contributed by atoms with E-state index in [1.165, 1.54) is 16.8 Å². The summed E-state index contributed by atoms with van der Waals surface area (Å²) in [5.74, 6) is 0. The quantitative estimate of drug-likeness (QED) is 0.905. The van der Waals surface area contributed by atoms with E-state index in [2.05, 4.69) is 36.4 Å². The Morgan fingerprint density at radius 1 is 1.32 bits per heavy atom. The Morgan fingerprint density at radius 3 is 2.53 bits per heavy atom. The van der Waals surface area contributed by atoms with Gasteiger partial charge in [0.15, 0.2) is 0 Å². The summed E-state index contributed by atoms with van der Waals surface area (Å²) < 4.78 is 1.90. The highest BCUT2D eigenvalue weighted by Gasteiger charge is 2.10. The molecule has 1 aromatic carbocycles. The van der Waals surface area contributed by atoms with E-state index in [1.54, 1.807) is 0 Å². The monoisotopic (exact) mass is 277 g/mol. The highest BCUT2D eigenvalue weighted by molar-refractivity contribution is 6.30. The summed E-state index contributed by atoms with van der Waals surface area (Å²) in [6.45, 7) is 5.11. The average Bonchev–Trinajstić information content (AvgIpc) is 2.73. The maximum Gasteiger partial charge on any atom is 0.0537 e. The van der Waals surface area contributed by atoms with Crippen molar-refractivity contribution in [2.75, 3.05) is 0 Å². The topological polar surface area (TPSA) is 29.9 Å². The molecule has 1 heterocycles. The van der Waals surface area contributed by atoms with Gasteiger partial charge in [0.1, 0.15) is 0 Å². The number of hydrogen-bond donors (Lipinski definition) is 1. The molecule has 4 heteroatoms. The normalized spacial score (nSPS) is 12.6. The molecule has 102 valence electrons. The van der Waals surface area contributed by atoms with Gasteiger partial charge in [-0.2, -0.15) is 5.10 Å². The molecular formula is C15H20ClN3. The van der Waals surface area contributed by atoms with Crippen LogP contribution in [0.3, 0.4) is 0 Å². The number of halogens is 1. The Morgan fingerprint density at radius 2 is 2.00 bits per heavy atom. The Hall–Kier alpha value is -1.32. The van der Waals surface area contributed by atoms with Gasteiger partial charge >= 0.3 is 0 Å². The van der Waals surface area contributed by atoms with Gasteiger partial charge in [-0.3, -0.25) is 4.68 Å². The molecule has 0 radical (unpaired) electrons. The fourth-order valence-electron chi connectivity index (χ4n) is 2.14. The second kappa shape index (κ2) is 6.22. The van der Waals surface area contributed by atoms with Crippen LogP contribution in [0.1, 0.15) is 36.2 Å². The van der Waals surface area contributed by atoms with Gasteiger partial charge in [0.2, 0.25) is 0 Å². The molecule has 0 saturated carbocycles. The first-order valence-electron chi connectivity index (χ1n) is 6.58. The summed E-state index contributed by atoms with van der Waals surface area (Å²) in [6.07, 6.45) is 2.97. The van der Waals surface area contributed by atoms with E-state index in [0.717, 1.165) is 18.0 Å². The van der Waals surface area contributed by atoms with Crippen LogP contribution in [0.4, 0.5) is 0 Å². The summed E-state index contributed by atoms with van der Waals surface area (Å²) >= 11 is 5.92. The molecule has 0 saturated heterocycles. The Labute approximate surface area is 119 Å². The van der Waals surface area contributed by atoms with Gasteiger partial charge in [-0.25, -0.2) is 0 Å². The van der Waals surface area contributed by atoms with Crippen molar-refractivity contribution in [3.63, 3.8) is 0 Å². The molecule has 1 N–H and O–H groups in total. The molecule has 1 atom stereocenters. The molecule has 19 heavy (non-hydrogen) atoms. The number of nitrogens with zero attached hydrogens (tertiary/aromatic N) is 2. The van der Waals surface area contributed by atoms with E-state index in [-0.39, 0.29) is 0 Å². The maximum atomic E-state index is 5.92. The van der Waals surface area contributed by atoms with E-state index in [0.29, 0.717) is 6.04 Å². The molecule has 0 aliphatic heterocycles. The number of rotatable bonds is 5. The van der Waals surface area contributed by atoms with Crippen molar-refractivity contribution in [1.82, 2.24) is 15.1 Å².